The quantitative estimate of drug-likeness (QED) is 0.807. The van der Waals surface area contributed by atoms with Crippen LogP contribution in [0.2, 0.25) is 0 Å². The van der Waals surface area contributed by atoms with Crippen molar-refractivity contribution in [1.29, 1.82) is 0 Å². The predicted octanol–water partition coefficient (Wildman–Crippen LogP) is 2.45. The first kappa shape index (κ1) is 18.7. The van der Waals surface area contributed by atoms with E-state index in [-0.39, 0.29) is 25.0 Å². The third-order valence-electron chi connectivity index (χ3n) is 5.07. The lowest BCUT2D eigenvalue weighted by molar-refractivity contribution is -0.188. The van der Waals surface area contributed by atoms with E-state index >= 15 is 0 Å². The summed E-state index contributed by atoms with van der Waals surface area (Å²) in [5, 5.41) is 12.0. The molecular formula is C18H21F3N2O3. The molecule has 2 fully saturated rings. The standard InChI is InChI=1S/C18H21F3N2O3/c19-18(20,21)14-9-23(8-13(14)17(25)26)10-15(24)22-16(12-6-7-12)11-4-2-1-3-5-11/h1-5,12-14,16H,6-10H2,(H,22,24)(H,25,26)/t13-,14-,16?/m1/s1. The number of aliphatic carboxylic acids is 1. The van der Waals surface area contributed by atoms with Crippen LogP contribution in [-0.2, 0) is 9.59 Å². The Hall–Kier alpha value is -2.09. The molecule has 3 atom stereocenters. The van der Waals surface area contributed by atoms with E-state index in [4.69, 9.17) is 5.11 Å². The van der Waals surface area contributed by atoms with Gasteiger partial charge in [0.05, 0.1) is 24.4 Å². The number of hydrogen-bond donors (Lipinski definition) is 2. The number of halogens is 3. The minimum atomic E-state index is -4.59. The highest BCUT2D eigenvalue weighted by atomic mass is 19.4. The molecule has 1 unspecified atom stereocenters. The molecule has 1 saturated heterocycles. The number of rotatable bonds is 6. The highest BCUT2D eigenvalue weighted by molar-refractivity contribution is 5.79. The van der Waals surface area contributed by atoms with Gasteiger partial charge in [0.2, 0.25) is 5.91 Å². The average Bonchev–Trinajstić information content (AvgIpc) is 3.31. The van der Waals surface area contributed by atoms with E-state index in [1.54, 1.807) is 0 Å². The zero-order valence-electron chi connectivity index (χ0n) is 14.1. The molecule has 1 aromatic carbocycles. The molecule has 2 aliphatic rings. The second-order valence-electron chi connectivity index (χ2n) is 7.08. The summed E-state index contributed by atoms with van der Waals surface area (Å²) < 4.78 is 39.1. The summed E-state index contributed by atoms with van der Waals surface area (Å²) in [6, 6.07) is 9.31. The molecule has 1 amide bonds. The van der Waals surface area contributed by atoms with Crippen molar-refractivity contribution in [1.82, 2.24) is 10.2 Å². The lowest BCUT2D eigenvalue weighted by atomic mass is 9.96. The molecule has 2 N–H and O–H groups in total. The van der Waals surface area contributed by atoms with Crippen LogP contribution < -0.4 is 5.32 Å². The number of carboxylic acid groups (broad SMARTS) is 1. The minimum Gasteiger partial charge on any atom is -0.481 e. The van der Waals surface area contributed by atoms with Crippen LogP contribution in [0, 0.1) is 17.8 Å². The van der Waals surface area contributed by atoms with Gasteiger partial charge in [-0.3, -0.25) is 14.5 Å². The monoisotopic (exact) mass is 370 g/mol. The lowest BCUT2D eigenvalue weighted by Gasteiger charge is -2.22. The second-order valence-corrected chi connectivity index (χ2v) is 7.08. The summed E-state index contributed by atoms with van der Waals surface area (Å²) in [5.74, 6) is -4.99. The van der Waals surface area contributed by atoms with E-state index in [1.165, 1.54) is 4.90 Å². The number of hydrogen-bond acceptors (Lipinski definition) is 3. The molecule has 8 heteroatoms. The van der Waals surface area contributed by atoms with Gasteiger partial charge in [0, 0.05) is 13.1 Å². The summed E-state index contributed by atoms with van der Waals surface area (Å²) in [5.41, 5.74) is 0.973. The van der Waals surface area contributed by atoms with Crippen molar-refractivity contribution in [3.8, 4) is 0 Å². The molecular weight excluding hydrogens is 349 g/mol. The van der Waals surface area contributed by atoms with E-state index < -0.39 is 30.5 Å². The van der Waals surface area contributed by atoms with Crippen LogP contribution in [0.3, 0.4) is 0 Å². The van der Waals surface area contributed by atoms with Crippen molar-refractivity contribution in [2.45, 2.75) is 25.1 Å². The molecule has 142 valence electrons. The van der Waals surface area contributed by atoms with Crippen molar-refractivity contribution >= 4 is 11.9 Å². The number of likely N-dealkylation sites (tertiary alicyclic amines) is 1. The van der Waals surface area contributed by atoms with E-state index in [0.29, 0.717) is 5.92 Å². The topological polar surface area (TPSA) is 69.6 Å². The Labute approximate surface area is 149 Å². The molecule has 0 spiro atoms. The highest BCUT2D eigenvalue weighted by Crippen LogP contribution is 2.41. The molecule has 1 aliphatic heterocycles. The maximum absolute atomic E-state index is 13.0. The van der Waals surface area contributed by atoms with Crippen molar-refractivity contribution in [2.75, 3.05) is 19.6 Å². The normalized spacial score (nSPS) is 25.0. The van der Waals surface area contributed by atoms with Gasteiger partial charge in [0.25, 0.3) is 0 Å². The number of nitrogens with one attached hydrogen (secondary N) is 1. The maximum atomic E-state index is 13.0. The van der Waals surface area contributed by atoms with Gasteiger partial charge in [-0.1, -0.05) is 30.3 Å². The van der Waals surface area contributed by atoms with Gasteiger partial charge in [0.1, 0.15) is 0 Å². The zero-order valence-corrected chi connectivity index (χ0v) is 14.1. The molecule has 1 heterocycles. The summed E-state index contributed by atoms with van der Waals surface area (Å²) >= 11 is 0. The summed E-state index contributed by atoms with van der Waals surface area (Å²) in [6.45, 7) is -0.966. The first-order chi connectivity index (χ1) is 12.3. The number of amides is 1. The number of alkyl halides is 3. The molecule has 5 nitrogen and oxygen atoms in total. The summed E-state index contributed by atoms with van der Waals surface area (Å²) in [4.78, 5) is 24.8. The van der Waals surface area contributed by atoms with Gasteiger partial charge in [-0.25, -0.2) is 0 Å². The Morgan fingerprint density at radius 3 is 2.35 bits per heavy atom. The van der Waals surface area contributed by atoms with Crippen molar-refractivity contribution < 1.29 is 27.9 Å². The predicted molar refractivity (Wildman–Crippen MR) is 87.2 cm³/mol. The fourth-order valence-electron chi connectivity index (χ4n) is 3.58. The van der Waals surface area contributed by atoms with Crippen LogP contribution in [0.1, 0.15) is 24.4 Å². The first-order valence-corrected chi connectivity index (χ1v) is 8.62. The Morgan fingerprint density at radius 2 is 1.85 bits per heavy atom. The number of benzene rings is 1. The van der Waals surface area contributed by atoms with Crippen LogP contribution in [0.4, 0.5) is 13.2 Å². The fraction of sp³-hybridized carbons (Fsp3) is 0.556. The third kappa shape index (κ3) is 4.35. The van der Waals surface area contributed by atoms with Gasteiger partial charge < -0.3 is 10.4 Å². The van der Waals surface area contributed by atoms with Crippen molar-refractivity contribution in [3.05, 3.63) is 35.9 Å². The first-order valence-electron chi connectivity index (χ1n) is 8.62. The Bertz CT molecular complexity index is 661. The molecule has 1 aromatic rings. The number of carbonyl (C=O) groups excluding carboxylic acids is 1. The highest BCUT2D eigenvalue weighted by Gasteiger charge is 2.52. The van der Waals surface area contributed by atoms with Crippen LogP contribution in [0.15, 0.2) is 30.3 Å². The van der Waals surface area contributed by atoms with Gasteiger partial charge in [-0.15, -0.1) is 0 Å². The fourth-order valence-corrected chi connectivity index (χ4v) is 3.58. The maximum Gasteiger partial charge on any atom is 0.393 e. The average molecular weight is 370 g/mol. The van der Waals surface area contributed by atoms with Gasteiger partial charge in [-0.2, -0.15) is 13.2 Å². The lowest BCUT2D eigenvalue weighted by Crippen LogP contribution is -2.39. The van der Waals surface area contributed by atoms with Gasteiger partial charge in [-0.05, 0) is 24.3 Å². The molecule has 26 heavy (non-hydrogen) atoms. The van der Waals surface area contributed by atoms with E-state index in [2.05, 4.69) is 5.32 Å². The van der Waals surface area contributed by atoms with Crippen molar-refractivity contribution in [2.24, 2.45) is 17.8 Å². The molecule has 3 rings (SSSR count). The van der Waals surface area contributed by atoms with Crippen LogP contribution in [-0.4, -0.2) is 47.7 Å². The molecule has 1 aliphatic carbocycles. The van der Waals surface area contributed by atoms with Crippen LogP contribution >= 0.6 is 0 Å². The summed E-state index contributed by atoms with van der Waals surface area (Å²) in [7, 11) is 0. The molecule has 0 aromatic heterocycles. The Kier molecular flexibility index (Phi) is 5.22. The zero-order chi connectivity index (χ0) is 18.9. The smallest absolute Gasteiger partial charge is 0.393 e. The number of carboxylic acids is 1. The van der Waals surface area contributed by atoms with Gasteiger partial charge in [0.15, 0.2) is 0 Å². The van der Waals surface area contributed by atoms with E-state index in [9.17, 15) is 22.8 Å². The molecule has 0 radical (unpaired) electrons. The van der Waals surface area contributed by atoms with E-state index in [0.717, 1.165) is 18.4 Å². The van der Waals surface area contributed by atoms with E-state index in [1.807, 2.05) is 30.3 Å². The Balaban J connectivity index is 1.62. The molecule has 0 bridgehead atoms. The minimum absolute atomic E-state index is 0.153. The van der Waals surface area contributed by atoms with Crippen molar-refractivity contribution in [3.63, 3.8) is 0 Å². The summed E-state index contributed by atoms with van der Waals surface area (Å²) in [6.07, 6.45) is -2.59. The second kappa shape index (κ2) is 7.26. The Morgan fingerprint density at radius 1 is 1.19 bits per heavy atom. The number of nitrogens with zero attached hydrogens (tertiary/aromatic N) is 1. The van der Waals surface area contributed by atoms with Crippen LogP contribution in [0.25, 0.3) is 0 Å². The SMILES string of the molecule is O=C(CN1C[C@@H](C(F)(F)F)[C@H](C(=O)O)C1)NC(c1ccccc1)C1CC1. The van der Waals surface area contributed by atoms with Crippen LogP contribution in [0.5, 0.6) is 0 Å². The number of carbonyl (C=O) groups is 2. The molecule has 1 saturated carbocycles. The third-order valence-corrected chi connectivity index (χ3v) is 5.07. The largest absolute Gasteiger partial charge is 0.481 e. The van der Waals surface area contributed by atoms with Gasteiger partial charge >= 0.3 is 12.1 Å².